The average molecular weight is 242 g/mol. The van der Waals surface area contributed by atoms with Crippen LogP contribution in [0.3, 0.4) is 0 Å². The normalized spacial score (nSPS) is 40.9. The standard InChI is InChI=1S/C13H26O2Si/c1-10-6-7-11-8-13(10,12(11,2)3)9-16(14-4)15-5/h10-11,16H,6-9H2,1-5H3. The highest BCUT2D eigenvalue weighted by atomic mass is 28.3. The molecule has 2 bridgehead atoms. The number of rotatable bonds is 4. The average Bonchev–Trinajstić information content (AvgIpc) is 2.27. The highest BCUT2D eigenvalue weighted by Gasteiger charge is 2.64. The minimum Gasteiger partial charge on any atom is -0.400 e. The molecule has 2 nitrogen and oxygen atoms in total. The summed E-state index contributed by atoms with van der Waals surface area (Å²) < 4.78 is 11.1. The monoisotopic (exact) mass is 242 g/mol. The van der Waals surface area contributed by atoms with Gasteiger partial charge >= 0.3 is 9.28 Å². The Labute approximate surface area is 102 Å². The van der Waals surface area contributed by atoms with Crippen molar-refractivity contribution in [3.8, 4) is 0 Å². The molecule has 3 atom stereocenters. The highest BCUT2D eigenvalue weighted by molar-refractivity contribution is 6.44. The number of hydrogen-bond donors (Lipinski definition) is 0. The van der Waals surface area contributed by atoms with Crippen LogP contribution in [0, 0.1) is 22.7 Å². The molecule has 0 spiro atoms. The zero-order valence-electron chi connectivity index (χ0n) is 11.4. The quantitative estimate of drug-likeness (QED) is 0.706. The lowest BCUT2D eigenvalue weighted by molar-refractivity contribution is -0.184. The maximum Gasteiger partial charge on any atom is 0.321 e. The van der Waals surface area contributed by atoms with Crippen LogP contribution in [-0.4, -0.2) is 23.5 Å². The molecule has 0 aromatic carbocycles. The van der Waals surface area contributed by atoms with Crippen molar-refractivity contribution in [2.45, 2.75) is 46.1 Å². The fraction of sp³-hybridized carbons (Fsp3) is 1.00. The van der Waals surface area contributed by atoms with E-state index in [1.54, 1.807) is 0 Å². The van der Waals surface area contributed by atoms with E-state index >= 15 is 0 Å². The molecule has 3 unspecified atom stereocenters. The van der Waals surface area contributed by atoms with Crippen LogP contribution in [-0.2, 0) is 8.85 Å². The van der Waals surface area contributed by atoms with E-state index in [2.05, 4.69) is 20.8 Å². The molecule has 0 aromatic rings. The lowest BCUT2D eigenvalue weighted by atomic mass is 9.37. The maximum absolute atomic E-state index is 5.55. The van der Waals surface area contributed by atoms with Crippen LogP contribution in [0.25, 0.3) is 0 Å². The zero-order valence-corrected chi connectivity index (χ0v) is 12.5. The lowest BCUT2D eigenvalue weighted by Crippen LogP contribution is -2.62. The summed E-state index contributed by atoms with van der Waals surface area (Å²) >= 11 is 0. The topological polar surface area (TPSA) is 18.5 Å². The molecule has 0 aliphatic heterocycles. The van der Waals surface area contributed by atoms with Gasteiger partial charge in [-0.15, -0.1) is 0 Å². The summed E-state index contributed by atoms with van der Waals surface area (Å²) in [5, 5.41) is 0. The van der Waals surface area contributed by atoms with Gasteiger partial charge in [-0.3, -0.25) is 0 Å². The summed E-state index contributed by atoms with van der Waals surface area (Å²) in [7, 11) is 2.21. The van der Waals surface area contributed by atoms with E-state index in [1.165, 1.54) is 25.3 Å². The van der Waals surface area contributed by atoms with Gasteiger partial charge in [0.2, 0.25) is 0 Å². The zero-order chi connectivity index (χ0) is 12.0. The van der Waals surface area contributed by atoms with Crippen LogP contribution < -0.4 is 0 Å². The number of hydrogen-bond acceptors (Lipinski definition) is 2. The molecule has 3 aliphatic carbocycles. The van der Waals surface area contributed by atoms with E-state index < -0.39 is 9.28 Å². The van der Waals surface area contributed by atoms with E-state index in [4.69, 9.17) is 8.85 Å². The fourth-order valence-corrected chi connectivity index (χ4v) is 6.58. The molecule has 3 saturated carbocycles. The molecule has 3 rings (SSSR count). The van der Waals surface area contributed by atoms with Gasteiger partial charge in [-0.1, -0.05) is 20.8 Å². The summed E-state index contributed by atoms with van der Waals surface area (Å²) in [6.07, 6.45) is 4.25. The van der Waals surface area contributed by atoms with Crippen molar-refractivity contribution in [3.05, 3.63) is 0 Å². The van der Waals surface area contributed by atoms with Crippen molar-refractivity contribution in [1.29, 1.82) is 0 Å². The minimum atomic E-state index is -1.42. The first-order chi connectivity index (χ1) is 7.48. The lowest BCUT2D eigenvalue weighted by Gasteiger charge is -2.69. The van der Waals surface area contributed by atoms with Crippen LogP contribution in [0.5, 0.6) is 0 Å². The van der Waals surface area contributed by atoms with Crippen LogP contribution in [0.4, 0.5) is 0 Å². The molecule has 0 amide bonds. The Kier molecular flexibility index (Phi) is 3.23. The van der Waals surface area contributed by atoms with Crippen molar-refractivity contribution < 1.29 is 8.85 Å². The molecular formula is C13H26O2Si. The smallest absolute Gasteiger partial charge is 0.321 e. The minimum absolute atomic E-state index is 0.507. The van der Waals surface area contributed by atoms with Crippen LogP contribution in [0.2, 0.25) is 6.04 Å². The van der Waals surface area contributed by atoms with E-state index in [0.29, 0.717) is 10.8 Å². The van der Waals surface area contributed by atoms with E-state index in [1.807, 2.05) is 14.2 Å². The highest BCUT2D eigenvalue weighted by Crippen LogP contribution is 2.71. The third-order valence-corrected chi connectivity index (χ3v) is 7.98. The van der Waals surface area contributed by atoms with Gasteiger partial charge in [0.25, 0.3) is 0 Å². The molecule has 16 heavy (non-hydrogen) atoms. The van der Waals surface area contributed by atoms with Crippen LogP contribution in [0.1, 0.15) is 40.0 Å². The Morgan fingerprint density at radius 2 is 1.81 bits per heavy atom. The second kappa shape index (κ2) is 4.11. The Hall–Kier alpha value is 0.137. The Bertz CT molecular complexity index is 263. The predicted molar refractivity (Wildman–Crippen MR) is 68.7 cm³/mol. The summed E-state index contributed by atoms with van der Waals surface area (Å²) in [5.74, 6) is 1.79. The molecule has 94 valence electrons. The maximum atomic E-state index is 5.55. The molecule has 0 saturated heterocycles. The van der Waals surface area contributed by atoms with Gasteiger partial charge in [0.1, 0.15) is 0 Å². The third kappa shape index (κ3) is 1.51. The SMILES string of the molecule is CO[SiH](CC12CC(CCC1C)C2(C)C)OC. The van der Waals surface area contributed by atoms with Gasteiger partial charge in [-0.2, -0.15) is 0 Å². The second-order valence-corrected chi connectivity index (χ2v) is 8.57. The Morgan fingerprint density at radius 1 is 1.19 bits per heavy atom. The van der Waals surface area contributed by atoms with Crippen LogP contribution >= 0.6 is 0 Å². The summed E-state index contributed by atoms with van der Waals surface area (Å²) in [4.78, 5) is 0. The van der Waals surface area contributed by atoms with Gasteiger partial charge in [0.05, 0.1) is 0 Å². The van der Waals surface area contributed by atoms with Gasteiger partial charge < -0.3 is 8.85 Å². The van der Waals surface area contributed by atoms with E-state index in [0.717, 1.165) is 11.8 Å². The second-order valence-electron chi connectivity index (χ2n) is 6.36. The van der Waals surface area contributed by atoms with Gasteiger partial charge in [-0.05, 0) is 48.0 Å². The Morgan fingerprint density at radius 3 is 2.25 bits per heavy atom. The van der Waals surface area contributed by atoms with Gasteiger partial charge in [-0.25, -0.2) is 0 Å². The first-order valence-corrected chi connectivity index (χ1v) is 8.29. The summed E-state index contributed by atoms with van der Waals surface area (Å²) in [6.45, 7) is 7.37. The first kappa shape index (κ1) is 12.6. The molecule has 3 aliphatic rings. The van der Waals surface area contributed by atoms with Crippen molar-refractivity contribution in [1.82, 2.24) is 0 Å². The largest absolute Gasteiger partial charge is 0.400 e. The fourth-order valence-electron chi connectivity index (χ4n) is 4.37. The van der Waals surface area contributed by atoms with Crippen LogP contribution in [0.15, 0.2) is 0 Å². The first-order valence-electron chi connectivity index (χ1n) is 6.53. The molecule has 3 heteroatoms. The summed E-state index contributed by atoms with van der Waals surface area (Å²) in [5.41, 5.74) is 1.02. The predicted octanol–water partition coefficient (Wildman–Crippen LogP) is 2.96. The molecular weight excluding hydrogens is 216 g/mol. The van der Waals surface area contributed by atoms with Crippen molar-refractivity contribution in [2.75, 3.05) is 14.2 Å². The Balaban J connectivity index is 2.15. The van der Waals surface area contributed by atoms with Gasteiger partial charge in [0.15, 0.2) is 0 Å². The van der Waals surface area contributed by atoms with Gasteiger partial charge in [0, 0.05) is 14.2 Å². The van der Waals surface area contributed by atoms with Crippen molar-refractivity contribution >= 4 is 9.28 Å². The molecule has 0 N–H and O–H groups in total. The van der Waals surface area contributed by atoms with Crippen molar-refractivity contribution in [3.63, 3.8) is 0 Å². The molecule has 0 heterocycles. The number of fused-ring (bicyclic) bond motifs is 2. The molecule has 3 fully saturated rings. The van der Waals surface area contributed by atoms with E-state index in [9.17, 15) is 0 Å². The van der Waals surface area contributed by atoms with Crippen molar-refractivity contribution in [2.24, 2.45) is 22.7 Å². The summed E-state index contributed by atoms with van der Waals surface area (Å²) in [6, 6.07) is 1.20. The van der Waals surface area contributed by atoms with E-state index in [-0.39, 0.29) is 0 Å². The molecule has 0 aromatic heterocycles. The third-order valence-electron chi connectivity index (χ3n) is 5.86. The molecule has 0 radical (unpaired) electrons.